The molecule has 6 heteroatoms. The van der Waals surface area contributed by atoms with Gasteiger partial charge < -0.3 is 15.4 Å². The van der Waals surface area contributed by atoms with E-state index in [4.69, 9.17) is 9.73 Å². The summed E-state index contributed by atoms with van der Waals surface area (Å²) in [4.78, 5) is 4.71. The van der Waals surface area contributed by atoms with Gasteiger partial charge in [0, 0.05) is 18.8 Å². The molecular formula is C22H35N5O. The lowest BCUT2D eigenvalue weighted by molar-refractivity contribution is 0.271. The van der Waals surface area contributed by atoms with E-state index in [-0.39, 0.29) is 6.04 Å². The third-order valence-electron chi connectivity index (χ3n) is 4.47. The molecule has 0 radical (unpaired) electrons. The number of benzene rings is 1. The van der Waals surface area contributed by atoms with E-state index >= 15 is 0 Å². The Labute approximate surface area is 169 Å². The number of nitrogens with one attached hydrogen (secondary N) is 3. The van der Waals surface area contributed by atoms with Gasteiger partial charge in [-0.25, -0.2) is 0 Å². The zero-order chi connectivity index (χ0) is 20.4. The predicted molar refractivity (Wildman–Crippen MR) is 116 cm³/mol. The Morgan fingerprint density at radius 1 is 1.21 bits per heavy atom. The number of rotatable bonds is 10. The Hall–Kier alpha value is -2.50. The quantitative estimate of drug-likeness (QED) is 0.328. The van der Waals surface area contributed by atoms with E-state index in [1.165, 1.54) is 11.1 Å². The van der Waals surface area contributed by atoms with Crippen LogP contribution in [-0.2, 0) is 6.42 Å². The lowest BCUT2D eigenvalue weighted by Crippen LogP contribution is -2.38. The molecule has 1 aromatic carbocycles. The minimum atomic E-state index is 0.160. The maximum Gasteiger partial charge on any atom is 0.191 e. The molecule has 1 unspecified atom stereocenters. The zero-order valence-corrected chi connectivity index (χ0v) is 17.9. The first-order chi connectivity index (χ1) is 13.5. The van der Waals surface area contributed by atoms with Gasteiger partial charge in [-0.2, -0.15) is 5.10 Å². The summed E-state index contributed by atoms with van der Waals surface area (Å²) < 4.78 is 5.76. The topological polar surface area (TPSA) is 74.3 Å². The van der Waals surface area contributed by atoms with E-state index in [0.717, 1.165) is 49.9 Å². The zero-order valence-electron chi connectivity index (χ0n) is 17.9. The van der Waals surface area contributed by atoms with Crippen LogP contribution in [0.1, 0.15) is 57.0 Å². The largest absolute Gasteiger partial charge is 0.493 e. The van der Waals surface area contributed by atoms with Gasteiger partial charge in [0.25, 0.3) is 0 Å². The van der Waals surface area contributed by atoms with Gasteiger partial charge in [-0.1, -0.05) is 26.0 Å². The molecule has 1 atom stereocenters. The maximum absolute atomic E-state index is 5.76. The number of ether oxygens (including phenoxy) is 1. The van der Waals surface area contributed by atoms with Gasteiger partial charge in [0.05, 0.1) is 18.8 Å². The molecule has 0 amide bonds. The van der Waals surface area contributed by atoms with Gasteiger partial charge in [-0.15, -0.1) is 0 Å². The van der Waals surface area contributed by atoms with E-state index in [1.807, 2.05) is 18.3 Å². The first-order valence-corrected chi connectivity index (χ1v) is 10.3. The molecule has 1 aromatic heterocycles. The van der Waals surface area contributed by atoms with Crippen LogP contribution in [0.2, 0.25) is 0 Å². The maximum atomic E-state index is 5.76. The van der Waals surface area contributed by atoms with Crippen LogP contribution in [0.15, 0.2) is 35.5 Å². The monoisotopic (exact) mass is 385 g/mol. The first kappa shape index (κ1) is 21.8. The SMILES string of the molecule is CCNC(=NCCCc1cn[nH]c1C)NC(C)c1ccc(OCC(C)C)cc1. The minimum Gasteiger partial charge on any atom is -0.493 e. The van der Waals surface area contributed by atoms with E-state index in [1.54, 1.807) is 0 Å². The molecule has 154 valence electrons. The molecular weight excluding hydrogens is 350 g/mol. The second kappa shape index (κ2) is 11.4. The van der Waals surface area contributed by atoms with E-state index in [9.17, 15) is 0 Å². The predicted octanol–water partition coefficient (Wildman–Crippen LogP) is 4.00. The molecule has 0 saturated heterocycles. The second-order valence-electron chi connectivity index (χ2n) is 7.52. The highest BCUT2D eigenvalue weighted by Gasteiger charge is 2.08. The number of hydrogen-bond acceptors (Lipinski definition) is 3. The number of aromatic amines is 1. The lowest BCUT2D eigenvalue weighted by Gasteiger charge is -2.18. The minimum absolute atomic E-state index is 0.160. The van der Waals surface area contributed by atoms with Crippen LogP contribution in [-0.4, -0.2) is 35.9 Å². The van der Waals surface area contributed by atoms with Crippen LogP contribution in [0.3, 0.4) is 0 Å². The fourth-order valence-corrected chi connectivity index (χ4v) is 2.81. The molecule has 3 N–H and O–H groups in total. The number of nitrogens with zero attached hydrogens (tertiary/aromatic N) is 2. The van der Waals surface area contributed by atoms with Gasteiger partial charge in [0.1, 0.15) is 5.75 Å². The Morgan fingerprint density at radius 3 is 2.57 bits per heavy atom. The standard InChI is InChI=1S/C22H35N5O/c1-6-23-22(24-13-7-8-20-14-25-27-18(20)5)26-17(4)19-9-11-21(12-10-19)28-15-16(2)3/h9-12,14,16-17H,6-8,13,15H2,1-5H3,(H,25,27)(H2,23,24,26). The molecule has 28 heavy (non-hydrogen) atoms. The number of H-pyrrole nitrogens is 1. The number of aliphatic imine (C=N–C) groups is 1. The summed E-state index contributed by atoms with van der Waals surface area (Å²) in [5.74, 6) is 2.29. The van der Waals surface area contributed by atoms with Crippen LogP contribution >= 0.6 is 0 Å². The van der Waals surface area contributed by atoms with Crippen molar-refractivity contribution in [1.29, 1.82) is 0 Å². The fraction of sp³-hybridized carbons (Fsp3) is 0.545. The summed E-state index contributed by atoms with van der Waals surface area (Å²) in [6, 6.07) is 8.45. The van der Waals surface area contributed by atoms with Crippen molar-refractivity contribution in [2.24, 2.45) is 10.9 Å². The van der Waals surface area contributed by atoms with Gasteiger partial charge in [0.2, 0.25) is 0 Å². The van der Waals surface area contributed by atoms with Crippen LogP contribution in [0.25, 0.3) is 0 Å². The van der Waals surface area contributed by atoms with Gasteiger partial charge in [0.15, 0.2) is 5.96 Å². The van der Waals surface area contributed by atoms with Crippen molar-refractivity contribution >= 4 is 5.96 Å². The van der Waals surface area contributed by atoms with E-state index < -0.39 is 0 Å². The summed E-state index contributed by atoms with van der Waals surface area (Å²) in [6.45, 7) is 12.9. The molecule has 0 aliphatic carbocycles. The van der Waals surface area contributed by atoms with Crippen molar-refractivity contribution in [3.63, 3.8) is 0 Å². The van der Waals surface area contributed by atoms with Gasteiger partial charge >= 0.3 is 0 Å². The highest BCUT2D eigenvalue weighted by atomic mass is 16.5. The molecule has 2 aromatic rings. The Bertz CT molecular complexity index is 721. The lowest BCUT2D eigenvalue weighted by atomic mass is 10.1. The fourth-order valence-electron chi connectivity index (χ4n) is 2.81. The summed E-state index contributed by atoms with van der Waals surface area (Å²) in [5.41, 5.74) is 3.61. The van der Waals surface area contributed by atoms with Crippen molar-refractivity contribution in [3.05, 3.63) is 47.3 Å². The normalized spacial score (nSPS) is 12.9. The smallest absolute Gasteiger partial charge is 0.191 e. The van der Waals surface area contributed by atoms with Gasteiger partial charge in [-0.05, 0) is 62.8 Å². The van der Waals surface area contributed by atoms with Crippen molar-refractivity contribution in [1.82, 2.24) is 20.8 Å². The summed E-state index contributed by atoms with van der Waals surface area (Å²) in [6.07, 6.45) is 3.88. The molecule has 0 aliphatic rings. The molecule has 0 saturated carbocycles. The first-order valence-electron chi connectivity index (χ1n) is 10.3. The number of aryl methyl sites for hydroxylation is 2. The van der Waals surface area contributed by atoms with Crippen molar-refractivity contribution < 1.29 is 4.74 Å². The molecule has 6 nitrogen and oxygen atoms in total. The number of aromatic nitrogens is 2. The molecule has 1 heterocycles. The van der Waals surface area contributed by atoms with Crippen molar-refractivity contribution in [3.8, 4) is 5.75 Å². The average molecular weight is 386 g/mol. The van der Waals surface area contributed by atoms with Crippen molar-refractivity contribution in [2.45, 2.75) is 53.5 Å². The Kier molecular flexibility index (Phi) is 8.85. The van der Waals surface area contributed by atoms with E-state index in [2.05, 4.69) is 67.6 Å². The Balaban J connectivity index is 1.86. The number of hydrogen-bond donors (Lipinski definition) is 3. The summed E-state index contributed by atoms with van der Waals surface area (Å²) in [5, 5.41) is 13.9. The molecule has 0 aliphatic heterocycles. The summed E-state index contributed by atoms with van der Waals surface area (Å²) >= 11 is 0. The number of guanidine groups is 1. The Morgan fingerprint density at radius 2 is 1.96 bits per heavy atom. The third kappa shape index (κ3) is 7.25. The van der Waals surface area contributed by atoms with Crippen LogP contribution in [0, 0.1) is 12.8 Å². The highest BCUT2D eigenvalue weighted by Crippen LogP contribution is 2.18. The average Bonchev–Trinajstić information content (AvgIpc) is 3.08. The van der Waals surface area contributed by atoms with Crippen LogP contribution in [0.4, 0.5) is 0 Å². The van der Waals surface area contributed by atoms with Crippen LogP contribution < -0.4 is 15.4 Å². The summed E-state index contributed by atoms with van der Waals surface area (Å²) in [7, 11) is 0. The molecule has 0 fully saturated rings. The molecule has 0 spiro atoms. The third-order valence-corrected chi connectivity index (χ3v) is 4.47. The molecule has 2 rings (SSSR count). The van der Waals surface area contributed by atoms with Crippen LogP contribution in [0.5, 0.6) is 5.75 Å². The van der Waals surface area contributed by atoms with Gasteiger partial charge in [-0.3, -0.25) is 10.1 Å². The second-order valence-corrected chi connectivity index (χ2v) is 7.52. The van der Waals surface area contributed by atoms with Crippen molar-refractivity contribution in [2.75, 3.05) is 19.7 Å². The highest BCUT2D eigenvalue weighted by molar-refractivity contribution is 5.80. The van der Waals surface area contributed by atoms with E-state index in [0.29, 0.717) is 5.92 Å². The molecule has 0 bridgehead atoms.